The molecule has 0 atom stereocenters. The Hall–Kier alpha value is -3.55. The van der Waals surface area contributed by atoms with Crippen LogP contribution in [0, 0.1) is 5.82 Å². The van der Waals surface area contributed by atoms with Crippen molar-refractivity contribution in [3.8, 4) is 11.5 Å². The normalized spacial score (nSPS) is 15.1. The number of hydrogen-bond donors (Lipinski definition) is 1. The van der Waals surface area contributed by atoms with Gasteiger partial charge in [0.1, 0.15) is 5.82 Å². The number of piperidine rings is 1. The minimum absolute atomic E-state index is 0.0116. The highest BCUT2D eigenvalue weighted by Gasteiger charge is 2.28. The van der Waals surface area contributed by atoms with Crippen LogP contribution in [0.2, 0.25) is 0 Å². The number of benzene rings is 2. The van der Waals surface area contributed by atoms with Gasteiger partial charge in [-0.2, -0.15) is 0 Å². The van der Waals surface area contributed by atoms with Crippen molar-refractivity contribution >= 4 is 16.9 Å². The first-order chi connectivity index (χ1) is 14.2. The van der Waals surface area contributed by atoms with Gasteiger partial charge in [-0.1, -0.05) is 0 Å². The summed E-state index contributed by atoms with van der Waals surface area (Å²) in [6, 6.07) is 11.5. The van der Waals surface area contributed by atoms with Crippen LogP contribution in [-0.2, 0) is 0 Å². The van der Waals surface area contributed by atoms with Crippen molar-refractivity contribution in [2.24, 2.45) is 0 Å². The molecule has 1 fully saturated rings. The minimum Gasteiger partial charge on any atom is -0.420 e. The van der Waals surface area contributed by atoms with Crippen molar-refractivity contribution in [3.05, 3.63) is 66.1 Å². The first-order valence-electron chi connectivity index (χ1n) is 9.49. The number of nitrogens with zero attached hydrogens (tertiary/aromatic N) is 4. The molecule has 7 nitrogen and oxygen atoms in total. The second kappa shape index (κ2) is 7.12. The van der Waals surface area contributed by atoms with Crippen molar-refractivity contribution in [3.63, 3.8) is 0 Å². The highest BCUT2D eigenvalue weighted by molar-refractivity contribution is 5.97. The molecule has 0 spiro atoms. The molecule has 1 aliphatic heterocycles. The van der Waals surface area contributed by atoms with Crippen molar-refractivity contribution < 1.29 is 13.6 Å². The van der Waals surface area contributed by atoms with E-state index in [2.05, 4.69) is 20.2 Å². The SMILES string of the molecule is O=C(c1ccc2nc[nH]c2c1)N1CCC(c2nnc(-c3ccc(F)cc3)o2)CC1. The van der Waals surface area contributed by atoms with Crippen LogP contribution in [0.25, 0.3) is 22.5 Å². The van der Waals surface area contributed by atoms with Gasteiger partial charge in [0.25, 0.3) is 5.91 Å². The van der Waals surface area contributed by atoms with E-state index < -0.39 is 0 Å². The maximum Gasteiger partial charge on any atom is 0.253 e. The predicted octanol–water partition coefficient (Wildman–Crippen LogP) is 3.77. The maximum atomic E-state index is 13.1. The number of halogens is 1. The lowest BCUT2D eigenvalue weighted by molar-refractivity contribution is 0.0706. The lowest BCUT2D eigenvalue weighted by atomic mass is 9.96. The van der Waals surface area contributed by atoms with Gasteiger partial charge < -0.3 is 14.3 Å². The third-order valence-electron chi connectivity index (χ3n) is 5.33. The molecule has 29 heavy (non-hydrogen) atoms. The Morgan fingerprint density at radius 2 is 1.90 bits per heavy atom. The molecule has 0 unspecified atom stereocenters. The van der Waals surface area contributed by atoms with E-state index >= 15 is 0 Å². The van der Waals surface area contributed by atoms with Gasteiger partial charge in [0.15, 0.2) is 0 Å². The maximum absolute atomic E-state index is 13.1. The summed E-state index contributed by atoms with van der Waals surface area (Å²) in [7, 11) is 0. The van der Waals surface area contributed by atoms with E-state index in [9.17, 15) is 9.18 Å². The quantitative estimate of drug-likeness (QED) is 0.574. The largest absolute Gasteiger partial charge is 0.420 e. The number of H-pyrrole nitrogens is 1. The predicted molar refractivity (Wildman–Crippen MR) is 104 cm³/mol. The van der Waals surface area contributed by atoms with E-state index in [4.69, 9.17) is 4.42 Å². The number of fused-ring (bicyclic) bond motifs is 1. The first-order valence-corrected chi connectivity index (χ1v) is 9.49. The Bertz CT molecular complexity index is 1160. The number of aromatic nitrogens is 4. The highest BCUT2D eigenvalue weighted by atomic mass is 19.1. The molecule has 0 aliphatic carbocycles. The molecule has 1 N–H and O–H groups in total. The number of hydrogen-bond acceptors (Lipinski definition) is 5. The summed E-state index contributed by atoms with van der Waals surface area (Å²) in [5.74, 6) is 0.757. The van der Waals surface area contributed by atoms with Gasteiger partial charge in [-0.3, -0.25) is 4.79 Å². The molecular weight excluding hydrogens is 373 g/mol. The summed E-state index contributed by atoms with van der Waals surface area (Å²) in [4.78, 5) is 21.9. The molecule has 0 bridgehead atoms. The van der Waals surface area contributed by atoms with Gasteiger partial charge in [0, 0.05) is 30.1 Å². The first kappa shape index (κ1) is 17.5. The van der Waals surface area contributed by atoms with Gasteiger partial charge in [0.2, 0.25) is 11.8 Å². The number of rotatable bonds is 3. The number of amides is 1. The Morgan fingerprint density at radius 1 is 1.10 bits per heavy atom. The molecule has 1 amide bonds. The lowest BCUT2D eigenvalue weighted by Crippen LogP contribution is -2.38. The molecule has 2 aromatic carbocycles. The Morgan fingerprint density at radius 3 is 2.69 bits per heavy atom. The van der Waals surface area contributed by atoms with Crippen LogP contribution in [0.1, 0.15) is 35.0 Å². The molecule has 146 valence electrons. The number of carbonyl (C=O) groups excluding carboxylic acids is 1. The topological polar surface area (TPSA) is 87.9 Å². The van der Waals surface area contributed by atoms with E-state index in [1.165, 1.54) is 12.1 Å². The van der Waals surface area contributed by atoms with Crippen molar-refractivity contribution in [2.45, 2.75) is 18.8 Å². The second-order valence-corrected chi connectivity index (χ2v) is 7.15. The van der Waals surface area contributed by atoms with E-state index in [1.807, 2.05) is 23.1 Å². The van der Waals surface area contributed by atoms with Gasteiger partial charge in [-0.25, -0.2) is 9.37 Å². The fourth-order valence-electron chi connectivity index (χ4n) is 3.69. The van der Waals surface area contributed by atoms with Crippen LogP contribution in [0.15, 0.2) is 53.2 Å². The summed E-state index contributed by atoms with van der Waals surface area (Å²) in [6.45, 7) is 1.25. The number of carbonyl (C=O) groups is 1. The van der Waals surface area contributed by atoms with Gasteiger partial charge in [0.05, 0.1) is 17.4 Å². The third-order valence-corrected chi connectivity index (χ3v) is 5.33. The van der Waals surface area contributed by atoms with Gasteiger partial charge in [-0.05, 0) is 55.3 Å². The van der Waals surface area contributed by atoms with Gasteiger partial charge >= 0.3 is 0 Å². The zero-order chi connectivity index (χ0) is 19.8. The fraction of sp³-hybridized carbons (Fsp3) is 0.238. The molecule has 4 aromatic rings. The van der Waals surface area contributed by atoms with Gasteiger partial charge in [-0.15, -0.1) is 10.2 Å². The molecule has 8 heteroatoms. The summed E-state index contributed by atoms with van der Waals surface area (Å²) >= 11 is 0. The Kier molecular flexibility index (Phi) is 4.31. The number of imidazole rings is 1. The van der Waals surface area contributed by atoms with Crippen LogP contribution < -0.4 is 0 Å². The molecule has 5 rings (SSSR count). The van der Waals surface area contributed by atoms with Crippen LogP contribution >= 0.6 is 0 Å². The Balaban J connectivity index is 1.25. The zero-order valence-electron chi connectivity index (χ0n) is 15.5. The van der Waals surface area contributed by atoms with E-state index in [0.717, 1.165) is 23.9 Å². The monoisotopic (exact) mass is 391 g/mol. The lowest BCUT2D eigenvalue weighted by Gasteiger charge is -2.30. The summed E-state index contributed by atoms with van der Waals surface area (Å²) in [5.41, 5.74) is 3.03. The van der Waals surface area contributed by atoms with Crippen LogP contribution in [0.3, 0.4) is 0 Å². The number of aromatic amines is 1. The fourth-order valence-corrected chi connectivity index (χ4v) is 3.69. The smallest absolute Gasteiger partial charge is 0.253 e. The Labute approximate surface area is 165 Å². The van der Waals surface area contributed by atoms with Crippen molar-refractivity contribution in [1.82, 2.24) is 25.1 Å². The average molecular weight is 391 g/mol. The van der Waals surface area contributed by atoms with Crippen molar-refractivity contribution in [2.75, 3.05) is 13.1 Å². The standard InChI is InChI=1S/C21H18FN5O2/c22-16-4-1-13(2-5-16)19-25-26-20(29-19)14-7-9-27(10-8-14)21(28)15-3-6-17-18(11-15)24-12-23-17/h1-6,11-12,14H,7-10H2,(H,23,24). The molecule has 0 saturated carbocycles. The highest BCUT2D eigenvalue weighted by Crippen LogP contribution is 2.30. The average Bonchev–Trinajstić information content (AvgIpc) is 3.43. The summed E-state index contributed by atoms with van der Waals surface area (Å²) < 4.78 is 18.9. The van der Waals surface area contributed by atoms with Crippen LogP contribution in [0.5, 0.6) is 0 Å². The number of likely N-dealkylation sites (tertiary alicyclic amines) is 1. The van der Waals surface area contributed by atoms with E-state index in [0.29, 0.717) is 36.0 Å². The molecule has 2 aromatic heterocycles. The molecule has 3 heterocycles. The second-order valence-electron chi connectivity index (χ2n) is 7.15. The zero-order valence-corrected chi connectivity index (χ0v) is 15.5. The molecule has 1 aliphatic rings. The van der Waals surface area contributed by atoms with E-state index in [1.54, 1.807) is 18.5 Å². The van der Waals surface area contributed by atoms with Crippen molar-refractivity contribution in [1.29, 1.82) is 0 Å². The third kappa shape index (κ3) is 3.37. The van der Waals surface area contributed by atoms with Crippen LogP contribution in [0.4, 0.5) is 4.39 Å². The number of nitrogens with one attached hydrogen (secondary N) is 1. The molecule has 1 saturated heterocycles. The minimum atomic E-state index is -0.308. The van der Waals surface area contributed by atoms with E-state index in [-0.39, 0.29) is 17.6 Å². The summed E-state index contributed by atoms with van der Waals surface area (Å²) in [5, 5.41) is 8.26. The van der Waals surface area contributed by atoms with Crippen LogP contribution in [-0.4, -0.2) is 44.1 Å². The molecule has 0 radical (unpaired) electrons. The summed E-state index contributed by atoms with van der Waals surface area (Å²) in [6.07, 6.45) is 3.13. The molecular formula is C21H18FN5O2.